The molecule has 0 aliphatic carbocycles. The Balaban J connectivity index is 2.84. The van der Waals surface area contributed by atoms with Crippen molar-refractivity contribution in [1.29, 1.82) is 0 Å². The molecule has 1 aromatic rings. The number of ether oxygens (including phenoxy) is 2. The Bertz CT molecular complexity index is 639. The zero-order valence-corrected chi connectivity index (χ0v) is 14.6. The fraction of sp³-hybridized carbons (Fsp3) is 0.500. The summed E-state index contributed by atoms with van der Waals surface area (Å²) >= 11 is 0. The second-order valence-corrected chi connectivity index (χ2v) is 6.74. The third kappa shape index (κ3) is 7.10. The summed E-state index contributed by atoms with van der Waals surface area (Å²) in [5, 5.41) is 0. The number of aryl methyl sites for hydroxylation is 2. The van der Waals surface area contributed by atoms with Crippen molar-refractivity contribution in [1.82, 2.24) is 0 Å². The van der Waals surface area contributed by atoms with Gasteiger partial charge in [0.15, 0.2) is 0 Å². The molecule has 0 radical (unpaired) electrons. The van der Waals surface area contributed by atoms with Crippen LogP contribution in [0.5, 0.6) is 0 Å². The van der Waals surface area contributed by atoms with Crippen molar-refractivity contribution in [3.8, 4) is 0 Å². The third-order valence-corrected chi connectivity index (χ3v) is 4.30. The second kappa shape index (κ2) is 9.39. The number of carbonyl (C=O) groups is 2. The molecule has 0 aliphatic heterocycles. The van der Waals surface area contributed by atoms with E-state index in [2.05, 4.69) is 9.47 Å². The standard InChI is InChI=1S/C16H22O7S/c1-22-15(17)7-3-5-12-9-13(6-4-8-16(18)23-2)11-14(10-12)24(19,20)21/h9-11H,3-8H2,1-2H3,(H,19,20,21). The van der Waals surface area contributed by atoms with Gasteiger partial charge < -0.3 is 9.47 Å². The maximum atomic E-state index is 11.4. The van der Waals surface area contributed by atoms with E-state index >= 15 is 0 Å². The normalized spacial score (nSPS) is 11.1. The Labute approximate surface area is 141 Å². The summed E-state index contributed by atoms with van der Waals surface area (Å²) in [5.74, 6) is -0.668. The first-order chi connectivity index (χ1) is 11.3. The molecule has 1 rings (SSSR count). The fourth-order valence-corrected chi connectivity index (χ4v) is 2.84. The van der Waals surface area contributed by atoms with Crippen LogP contribution in [0.15, 0.2) is 23.1 Å². The maximum Gasteiger partial charge on any atom is 0.305 e. The minimum atomic E-state index is -4.32. The van der Waals surface area contributed by atoms with Gasteiger partial charge in [-0.15, -0.1) is 0 Å². The van der Waals surface area contributed by atoms with E-state index in [-0.39, 0.29) is 29.7 Å². The lowest BCUT2D eigenvalue weighted by atomic mass is 10.0. The van der Waals surface area contributed by atoms with Crippen LogP contribution in [0.1, 0.15) is 36.8 Å². The number of benzene rings is 1. The summed E-state index contributed by atoms with van der Waals surface area (Å²) < 4.78 is 41.2. The van der Waals surface area contributed by atoms with Crippen LogP contribution in [0.4, 0.5) is 0 Å². The largest absolute Gasteiger partial charge is 0.469 e. The van der Waals surface area contributed by atoms with E-state index in [9.17, 15) is 22.6 Å². The summed E-state index contributed by atoms with van der Waals surface area (Å²) in [6.45, 7) is 0. The molecule has 0 amide bonds. The molecule has 8 heteroatoms. The van der Waals surface area contributed by atoms with Crippen LogP contribution in [-0.4, -0.2) is 39.1 Å². The Morgan fingerprint density at radius 1 is 0.917 bits per heavy atom. The van der Waals surface area contributed by atoms with Crippen LogP contribution in [-0.2, 0) is 42.0 Å². The molecule has 0 saturated heterocycles. The van der Waals surface area contributed by atoms with E-state index in [0.717, 1.165) is 0 Å². The topological polar surface area (TPSA) is 107 Å². The molecule has 0 heterocycles. The lowest BCUT2D eigenvalue weighted by Crippen LogP contribution is -2.04. The number of esters is 2. The van der Waals surface area contributed by atoms with Gasteiger partial charge in [0.1, 0.15) is 0 Å². The number of rotatable bonds is 9. The Morgan fingerprint density at radius 3 is 1.67 bits per heavy atom. The van der Waals surface area contributed by atoms with Gasteiger partial charge in [0.2, 0.25) is 0 Å². The van der Waals surface area contributed by atoms with E-state index < -0.39 is 10.1 Å². The van der Waals surface area contributed by atoms with Gasteiger partial charge >= 0.3 is 11.9 Å². The van der Waals surface area contributed by atoms with Gasteiger partial charge in [0.05, 0.1) is 19.1 Å². The number of hydrogen-bond acceptors (Lipinski definition) is 6. The smallest absolute Gasteiger partial charge is 0.305 e. The van der Waals surface area contributed by atoms with Gasteiger partial charge in [-0.1, -0.05) is 6.07 Å². The number of hydrogen-bond donors (Lipinski definition) is 1. The zero-order chi connectivity index (χ0) is 18.2. The Kier molecular flexibility index (Phi) is 7.87. The first-order valence-corrected chi connectivity index (χ1v) is 8.94. The predicted octanol–water partition coefficient (Wildman–Crippen LogP) is 1.92. The molecule has 1 N–H and O–H groups in total. The van der Waals surface area contributed by atoms with Gasteiger partial charge in [-0.05, 0) is 48.9 Å². The van der Waals surface area contributed by atoms with Crippen molar-refractivity contribution in [2.24, 2.45) is 0 Å². The average molecular weight is 358 g/mol. The van der Waals surface area contributed by atoms with Gasteiger partial charge in [-0.2, -0.15) is 8.42 Å². The molecule has 0 atom stereocenters. The van der Waals surface area contributed by atoms with Crippen LogP contribution in [0.2, 0.25) is 0 Å². The molecule has 134 valence electrons. The molecule has 0 aliphatic rings. The highest BCUT2D eigenvalue weighted by Crippen LogP contribution is 2.19. The summed E-state index contributed by atoms with van der Waals surface area (Å²) in [6.07, 6.45) is 2.41. The second-order valence-electron chi connectivity index (χ2n) is 5.32. The van der Waals surface area contributed by atoms with Gasteiger partial charge in [-0.3, -0.25) is 14.1 Å². The van der Waals surface area contributed by atoms with Gasteiger partial charge in [0.25, 0.3) is 10.1 Å². The average Bonchev–Trinajstić information content (AvgIpc) is 2.53. The van der Waals surface area contributed by atoms with Crippen molar-refractivity contribution >= 4 is 22.1 Å². The molecule has 24 heavy (non-hydrogen) atoms. The number of methoxy groups -OCH3 is 2. The molecular formula is C16H22O7S. The predicted molar refractivity (Wildman–Crippen MR) is 86.2 cm³/mol. The van der Waals surface area contributed by atoms with Crippen LogP contribution in [0.25, 0.3) is 0 Å². The van der Waals surface area contributed by atoms with Crippen molar-refractivity contribution in [2.75, 3.05) is 14.2 Å². The highest BCUT2D eigenvalue weighted by molar-refractivity contribution is 7.85. The quantitative estimate of drug-likeness (QED) is 0.531. The lowest BCUT2D eigenvalue weighted by molar-refractivity contribution is -0.141. The van der Waals surface area contributed by atoms with Crippen LogP contribution < -0.4 is 0 Å². The van der Waals surface area contributed by atoms with Gasteiger partial charge in [0, 0.05) is 12.8 Å². The molecule has 0 spiro atoms. The molecule has 1 aromatic carbocycles. The van der Waals surface area contributed by atoms with Crippen LogP contribution >= 0.6 is 0 Å². The van der Waals surface area contributed by atoms with Gasteiger partial charge in [-0.25, -0.2) is 0 Å². The molecule has 0 unspecified atom stereocenters. The van der Waals surface area contributed by atoms with Crippen molar-refractivity contribution < 1.29 is 32.0 Å². The lowest BCUT2D eigenvalue weighted by Gasteiger charge is -2.08. The molecule has 0 bridgehead atoms. The zero-order valence-electron chi connectivity index (χ0n) is 13.8. The van der Waals surface area contributed by atoms with E-state index in [0.29, 0.717) is 36.8 Å². The van der Waals surface area contributed by atoms with Crippen molar-refractivity contribution in [3.63, 3.8) is 0 Å². The first kappa shape index (κ1) is 20.1. The monoisotopic (exact) mass is 358 g/mol. The Hall–Kier alpha value is -1.93. The maximum absolute atomic E-state index is 11.4. The third-order valence-electron chi connectivity index (χ3n) is 3.47. The number of carbonyl (C=O) groups excluding carboxylic acids is 2. The summed E-state index contributed by atoms with van der Waals surface area (Å²) in [5.41, 5.74) is 1.39. The minimum Gasteiger partial charge on any atom is -0.469 e. The van der Waals surface area contributed by atoms with Crippen LogP contribution in [0.3, 0.4) is 0 Å². The molecule has 0 fully saturated rings. The molecule has 0 saturated carbocycles. The summed E-state index contributed by atoms with van der Waals surface area (Å²) in [4.78, 5) is 22.1. The fourth-order valence-electron chi connectivity index (χ4n) is 2.24. The van der Waals surface area contributed by atoms with E-state index in [1.165, 1.54) is 26.4 Å². The minimum absolute atomic E-state index is 0.189. The SMILES string of the molecule is COC(=O)CCCc1cc(CCCC(=O)OC)cc(S(=O)(=O)O)c1. The van der Waals surface area contributed by atoms with E-state index in [1.54, 1.807) is 0 Å². The highest BCUT2D eigenvalue weighted by Gasteiger charge is 2.13. The van der Waals surface area contributed by atoms with Crippen molar-refractivity contribution in [3.05, 3.63) is 29.3 Å². The van der Waals surface area contributed by atoms with E-state index in [1.807, 2.05) is 6.07 Å². The van der Waals surface area contributed by atoms with Crippen molar-refractivity contribution in [2.45, 2.75) is 43.4 Å². The van der Waals surface area contributed by atoms with E-state index in [4.69, 9.17) is 0 Å². The summed E-state index contributed by atoms with van der Waals surface area (Å²) in [6, 6.07) is 4.58. The van der Waals surface area contributed by atoms with Crippen LogP contribution in [0, 0.1) is 0 Å². The molecule has 7 nitrogen and oxygen atoms in total. The molecule has 0 aromatic heterocycles. The Morgan fingerprint density at radius 2 is 1.33 bits per heavy atom. The molecular weight excluding hydrogens is 336 g/mol. The first-order valence-electron chi connectivity index (χ1n) is 7.50. The highest BCUT2D eigenvalue weighted by atomic mass is 32.2. The summed E-state index contributed by atoms with van der Waals surface area (Å²) in [7, 11) is -1.71.